The summed E-state index contributed by atoms with van der Waals surface area (Å²) in [5.41, 5.74) is 7.81. The van der Waals surface area contributed by atoms with Crippen LogP contribution in [0.25, 0.3) is 0 Å². The van der Waals surface area contributed by atoms with E-state index in [0.717, 1.165) is 5.56 Å². The molecule has 0 bridgehead atoms. The van der Waals surface area contributed by atoms with E-state index in [4.69, 9.17) is 5.73 Å². The summed E-state index contributed by atoms with van der Waals surface area (Å²) in [6.07, 6.45) is 0. The van der Waals surface area contributed by atoms with E-state index in [-0.39, 0.29) is 11.6 Å². The van der Waals surface area contributed by atoms with Gasteiger partial charge in [0.05, 0.1) is 6.04 Å². The quantitative estimate of drug-likeness (QED) is 0.846. The normalized spacial score (nSPS) is 12.5. The van der Waals surface area contributed by atoms with E-state index in [2.05, 4.69) is 0 Å². The Morgan fingerprint density at radius 3 is 2.41 bits per heavy atom. The molecule has 0 fully saturated rings. The fourth-order valence-corrected chi connectivity index (χ4v) is 1.84. The zero-order valence-corrected chi connectivity index (χ0v) is 9.45. The molecular formula is C14H13F2N. The predicted octanol–water partition coefficient (Wildman–Crippen LogP) is 3.32. The second-order valence-corrected chi connectivity index (χ2v) is 4.00. The van der Waals surface area contributed by atoms with Crippen LogP contribution in [-0.4, -0.2) is 0 Å². The number of halogens is 2. The number of hydrogen-bond donors (Lipinski definition) is 1. The molecule has 2 rings (SSSR count). The van der Waals surface area contributed by atoms with Crippen LogP contribution in [0, 0.1) is 18.6 Å². The van der Waals surface area contributed by atoms with Gasteiger partial charge in [-0.2, -0.15) is 0 Å². The minimum atomic E-state index is -0.646. The SMILES string of the molecule is Cc1ccc(F)cc1C(N)c1ccccc1F. The Hall–Kier alpha value is -1.74. The van der Waals surface area contributed by atoms with Gasteiger partial charge < -0.3 is 5.73 Å². The second kappa shape index (κ2) is 4.63. The number of benzene rings is 2. The van der Waals surface area contributed by atoms with E-state index in [1.54, 1.807) is 24.3 Å². The molecule has 1 nitrogen and oxygen atoms in total. The molecular weight excluding hydrogens is 220 g/mol. The van der Waals surface area contributed by atoms with Gasteiger partial charge in [0.25, 0.3) is 0 Å². The van der Waals surface area contributed by atoms with Crippen molar-refractivity contribution in [3.63, 3.8) is 0 Å². The van der Waals surface area contributed by atoms with Crippen LogP contribution in [0.15, 0.2) is 42.5 Å². The number of hydrogen-bond acceptors (Lipinski definition) is 1. The highest BCUT2D eigenvalue weighted by Gasteiger charge is 2.15. The standard InChI is InChI=1S/C14H13F2N/c1-9-6-7-10(15)8-12(9)14(17)11-4-2-3-5-13(11)16/h2-8,14H,17H2,1H3. The van der Waals surface area contributed by atoms with E-state index in [1.165, 1.54) is 18.2 Å². The molecule has 88 valence electrons. The summed E-state index contributed by atoms with van der Waals surface area (Å²) in [5, 5.41) is 0. The van der Waals surface area contributed by atoms with Gasteiger partial charge in [-0.05, 0) is 36.2 Å². The fraction of sp³-hybridized carbons (Fsp3) is 0.143. The van der Waals surface area contributed by atoms with E-state index in [1.807, 2.05) is 6.92 Å². The van der Waals surface area contributed by atoms with Crippen molar-refractivity contribution < 1.29 is 8.78 Å². The Balaban J connectivity index is 2.47. The molecule has 0 aliphatic carbocycles. The highest BCUT2D eigenvalue weighted by atomic mass is 19.1. The molecule has 0 spiro atoms. The minimum Gasteiger partial charge on any atom is -0.320 e. The average Bonchev–Trinajstić information content (AvgIpc) is 2.32. The second-order valence-electron chi connectivity index (χ2n) is 4.00. The first-order chi connectivity index (χ1) is 8.09. The molecule has 2 aromatic carbocycles. The van der Waals surface area contributed by atoms with Crippen LogP contribution in [0.4, 0.5) is 8.78 Å². The van der Waals surface area contributed by atoms with Crippen molar-refractivity contribution in [2.45, 2.75) is 13.0 Å². The molecule has 0 amide bonds. The maximum absolute atomic E-state index is 13.6. The highest BCUT2D eigenvalue weighted by Crippen LogP contribution is 2.25. The highest BCUT2D eigenvalue weighted by molar-refractivity contribution is 5.37. The number of rotatable bonds is 2. The molecule has 0 heterocycles. The lowest BCUT2D eigenvalue weighted by Gasteiger charge is -2.15. The van der Waals surface area contributed by atoms with Crippen molar-refractivity contribution in [3.05, 3.63) is 70.8 Å². The molecule has 0 radical (unpaired) electrons. The summed E-state index contributed by atoms with van der Waals surface area (Å²) in [6, 6.07) is 10.0. The van der Waals surface area contributed by atoms with Crippen molar-refractivity contribution in [2.24, 2.45) is 5.73 Å². The van der Waals surface area contributed by atoms with Crippen LogP contribution >= 0.6 is 0 Å². The first-order valence-corrected chi connectivity index (χ1v) is 5.35. The molecule has 2 aromatic rings. The van der Waals surface area contributed by atoms with Crippen molar-refractivity contribution in [2.75, 3.05) is 0 Å². The van der Waals surface area contributed by atoms with Crippen molar-refractivity contribution in [1.29, 1.82) is 0 Å². The average molecular weight is 233 g/mol. The summed E-state index contributed by atoms with van der Waals surface area (Å²) in [4.78, 5) is 0. The largest absolute Gasteiger partial charge is 0.320 e. The van der Waals surface area contributed by atoms with Gasteiger partial charge in [0, 0.05) is 5.56 Å². The Kier molecular flexibility index (Phi) is 3.20. The molecule has 17 heavy (non-hydrogen) atoms. The lowest BCUT2D eigenvalue weighted by molar-refractivity contribution is 0.595. The third-order valence-electron chi connectivity index (χ3n) is 2.82. The van der Waals surface area contributed by atoms with E-state index in [9.17, 15) is 8.78 Å². The Morgan fingerprint density at radius 2 is 1.71 bits per heavy atom. The van der Waals surface area contributed by atoms with Gasteiger partial charge in [-0.25, -0.2) is 8.78 Å². The van der Waals surface area contributed by atoms with Gasteiger partial charge in [-0.1, -0.05) is 24.3 Å². The van der Waals surface area contributed by atoms with E-state index < -0.39 is 6.04 Å². The van der Waals surface area contributed by atoms with E-state index >= 15 is 0 Å². The molecule has 3 heteroatoms. The Morgan fingerprint density at radius 1 is 1.00 bits per heavy atom. The molecule has 0 aliphatic heterocycles. The third-order valence-corrected chi connectivity index (χ3v) is 2.82. The smallest absolute Gasteiger partial charge is 0.128 e. The third kappa shape index (κ3) is 2.34. The van der Waals surface area contributed by atoms with Crippen LogP contribution in [0.5, 0.6) is 0 Å². The maximum Gasteiger partial charge on any atom is 0.128 e. The van der Waals surface area contributed by atoms with Gasteiger partial charge in [0.15, 0.2) is 0 Å². The van der Waals surface area contributed by atoms with Crippen LogP contribution in [0.3, 0.4) is 0 Å². The van der Waals surface area contributed by atoms with Crippen molar-refractivity contribution in [1.82, 2.24) is 0 Å². The van der Waals surface area contributed by atoms with Crippen LogP contribution < -0.4 is 5.73 Å². The Bertz CT molecular complexity index is 537. The summed E-state index contributed by atoms with van der Waals surface area (Å²) < 4.78 is 26.8. The van der Waals surface area contributed by atoms with Gasteiger partial charge in [0.1, 0.15) is 11.6 Å². The summed E-state index contributed by atoms with van der Waals surface area (Å²) in [6.45, 7) is 1.83. The first kappa shape index (κ1) is 11.7. The van der Waals surface area contributed by atoms with E-state index in [0.29, 0.717) is 11.1 Å². The zero-order chi connectivity index (χ0) is 12.4. The van der Waals surface area contributed by atoms with Gasteiger partial charge in [0.2, 0.25) is 0 Å². The zero-order valence-electron chi connectivity index (χ0n) is 9.45. The first-order valence-electron chi connectivity index (χ1n) is 5.35. The van der Waals surface area contributed by atoms with Gasteiger partial charge in [-0.15, -0.1) is 0 Å². The van der Waals surface area contributed by atoms with Crippen molar-refractivity contribution >= 4 is 0 Å². The number of aryl methyl sites for hydroxylation is 1. The topological polar surface area (TPSA) is 26.0 Å². The fourth-order valence-electron chi connectivity index (χ4n) is 1.84. The molecule has 0 aromatic heterocycles. The summed E-state index contributed by atoms with van der Waals surface area (Å²) >= 11 is 0. The minimum absolute atomic E-state index is 0.364. The molecule has 0 saturated carbocycles. The van der Waals surface area contributed by atoms with Crippen LogP contribution in [0.1, 0.15) is 22.7 Å². The maximum atomic E-state index is 13.6. The Labute approximate surface area is 98.9 Å². The molecule has 2 N–H and O–H groups in total. The van der Waals surface area contributed by atoms with Crippen LogP contribution in [-0.2, 0) is 0 Å². The molecule has 1 unspecified atom stereocenters. The summed E-state index contributed by atoms with van der Waals surface area (Å²) in [5.74, 6) is -0.735. The molecule has 1 atom stereocenters. The van der Waals surface area contributed by atoms with Crippen LogP contribution in [0.2, 0.25) is 0 Å². The lowest BCUT2D eigenvalue weighted by atomic mass is 9.95. The predicted molar refractivity (Wildman–Crippen MR) is 63.6 cm³/mol. The van der Waals surface area contributed by atoms with Gasteiger partial charge >= 0.3 is 0 Å². The molecule has 0 aliphatic rings. The molecule has 0 saturated heterocycles. The summed E-state index contributed by atoms with van der Waals surface area (Å²) in [7, 11) is 0. The lowest BCUT2D eigenvalue weighted by Crippen LogP contribution is -2.15. The van der Waals surface area contributed by atoms with Gasteiger partial charge in [-0.3, -0.25) is 0 Å². The number of nitrogens with two attached hydrogens (primary N) is 1. The van der Waals surface area contributed by atoms with Crippen molar-refractivity contribution in [3.8, 4) is 0 Å². The monoisotopic (exact) mass is 233 g/mol.